The van der Waals surface area contributed by atoms with Crippen LogP contribution in [0.1, 0.15) is 16.1 Å². The maximum absolute atomic E-state index is 11.7. The van der Waals surface area contributed by atoms with E-state index in [0.29, 0.717) is 11.6 Å². The van der Waals surface area contributed by atoms with Gasteiger partial charge in [-0.1, -0.05) is 23.7 Å². The molecule has 0 fully saturated rings. The summed E-state index contributed by atoms with van der Waals surface area (Å²) in [6.07, 6.45) is 1.39. The number of nitrogens with one attached hydrogen (secondary N) is 2. The minimum Gasteiger partial charge on any atom is -0.497 e. The summed E-state index contributed by atoms with van der Waals surface area (Å²) in [6, 6.07) is 7.44. The van der Waals surface area contributed by atoms with Crippen LogP contribution in [0.2, 0.25) is 5.02 Å². The fourth-order valence-corrected chi connectivity index (χ4v) is 1.62. The maximum atomic E-state index is 11.7. The van der Waals surface area contributed by atoms with Crippen molar-refractivity contribution in [3.05, 3.63) is 46.7 Å². The van der Waals surface area contributed by atoms with Crippen molar-refractivity contribution in [1.29, 1.82) is 0 Å². The zero-order valence-corrected chi connectivity index (χ0v) is 10.5. The fourth-order valence-electron chi connectivity index (χ4n) is 1.44. The number of carbonyl (C=O) groups is 1. The van der Waals surface area contributed by atoms with Crippen LogP contribution in [0.5, 0.6) is 5.75 Å². The molecular weight excluding hydrogens is 254 g/mol. The van der Waals surface area contributed by atoms with E-state index in [1.165, 1.54) is 6.20 Å². The second-order valence-electron chi connectivity index (χ2n) is 3.62. The number of aromatic amines is 1. The second kappa shape index (κ2) is 5.55. The van der Waals surface area contributed by atoms with E-state index in [9.17, 15) is 4.79 Å². The molecule has 1 aromatic heterocycles. The topological polar surface area (TPSA) is 67.0 Å². The van der Waals surface area contributed by atoms with Crippen molar-refractivity contribution >= 4 is 17.5 Å². The van der Waals surface area contributed by atoms with Crippen molar-refractivity contribution in [3.63, 3.8) is 0 Å². The van der Waals surface area contributed by atoms with Gasteiger partial charge in [0.2, 0.25) is 0 Å². The molecule has 1 heterocycles. The Balaban J connectivity index is 1.95. The van der Waals surface area contributed by atoms with Crippen molar-refractivity contribution in [2.24, 2.45) is 0 Å². The van der Waals surface area contributed by atoms with Crippen LogP contribution in [-0.2, 0) is 6.54 Å². The zero-order valence-electron chi connectivity index (χ0n) is 9.74. The number of halogens is 1. The molecule has 6 heteroatoms. The van der Waals surface area contributed by atoms with Gasteiger partial charge in [-0.3, -0.25) is 9.89 Å². The van der Waals surface area contributed by atoms with Crippen LogP contribution in [0.4, 0.5) is 0 Å². The molecule has 0 unspecified atom stereocenters. The molecule has 1 amide bonds. The molecule has 0 bridgehead atoms. The predicted molar refractivity (Wildman–Crippen MR) is 67.8 cm³/mol. The number of rotatable bonds is 4. The van der Waals surface area contributed by atoms with E-state index < -0.39 is 0 Å². The fraction of sp³-hybridized carbons (Fsp3) is 0.167. The van der Waals surface area contributed by atoms with Crippen LogP contribution in [0.15, 0.2) is 30.5 Å². The second-order valence-corrected chi connectivity index (χ2v) is 4.03. The van der Waals surface area contributed by atoms with Gasteiger partial charge in [0.25, 0.3) is 5.91 Å². The minimum atomic E-state index is -0.284. The first-order valence-corrected chi connectivity index (χ1v) is 5.68. The number of ether oxygens (including phenoxy) is 1. The van der Waals surface area contributed by atoms with Crippen molar-refractivity contribution in [1.82, 2.24) is 15.5 Å². The lowest BCUT2D eigenvalue weighted by Gasteiger charge is -2.05. The number of hydrogen-bond acceptors (Lipinski definition) is 3. The first kappa shape index (κ1) is 12.4. The smallest absolute Gasteiger partial charge is 0.271 e. The van der Waals surface area contributed by atoms with Crippen molar-refractivity contribution in [2.45, 2.75) is 6.54 Å². The average molecular weight is 266 g/mol. The molecule has 1 aromatic carbocycles. The van der Waals surface area contributed by atoms with E-state index in [0.717, 1.165) is 11.3 Å². The van der Waals surface area contributed by atoms with Crippen molar-refractivity contribution in [3.8, 4) is 5.75 Å². The summed E-state index contributed by atoms with van der Waals surface area (Å²) >= 11 is 5.78. The Labute approximate surface area is 109 Å². The molecule has 2 aromatic rings. The molecule has 0 saturated heterocycles. The molecule has 2 rings (SSSR count). The van der Waals surface area contributed by atoms with Gasteiger partial charge in [-0.15, -0.1) is 0 Å². The van der Waals surface area contributed by atoms with Gasteiger partial charge in [0.15, 0.2) is 0 Å². The average Bonchev–Trinajstić information content (AvgIpc) is 2.83. The van der Waals surface area contributed by atoms with Gasteiger partial charge in [-0.05, 0) is 17.7 Å². The molecule has 0 saturated carbocycles. The van der Waals surface area contributed by atoms with Crippen LogP contribution in [-0.4, -0.2) is 23.2 Å². The zero-order chi connectivity index (χ0) is 13.0. The number of benzene rings is 1. The summed E-state index contributed by atoms with van der Waals surface area (Å²) < 4.78 is 5.05. The Kier molecular flexibility index (Phi) is 3.84. The number of carbonyl (C=O) groups excluding carboxylic acids is 1. The molecule has 2 N–H and O–H groups in total. The van der Waals surface area contributed by atoms with E-state index in [4.69, 9.17) is 16.3 Å². The summed E-state index contributed by atoms with van der Waals surface area (Å²) in [7, 11) is 1.61. The molecule has 94 valence electrons. The SMILES string of the molecule is COc1ccc(CNC(=O)c2[nH]ncc2Cl)cc1. The van der Waals surface area contributed by atoms with Crippen molar-refractivity contribution in [2.75, 3.05) is 7.11 Å². The Hall–Kier alpha value is -2.01. The Morgan fingerprint density at radius 3 is 2.72 bits per heavy atom. The van der Waals surface area contributed by atoms with Gasteiger partial charge < -0.3 is 10.1 Å². The quantitative estimate of drug-likeness (QED) is 0.889. The highest BCUT2D eigenvalue weighted by atomic mass is 35.5. The number of amides is 1. The van der Waals surface area contributed by atoms with E-state index in [2.05, 4.69) is 15.5 Å². The molecule has 0 radical (unpaired) electrons. The van der Waals surface area contributed by atoms with Gasteiger partial charge in [-0.25, -0.2) is 0 Å². The van der Waals surface area contributed by atoms with E-state index in [-0.39, 0.29) is 11.6 Å². The van der Waals surface area contributed by atoms with Crippen molar-refractivity contribution < 1.29 is 9.53 Å². The van der Waals surface area contributed by atoms with Crippen LogP contribution < -0.4 is 10.1 Å². The number of hydrogen-bond donors (Lipinski definition) is 2. The number of aromatic nitrogens is 2. The summed E-state index contributed by atoms with van der Waals surface area (Å²) in [4.78, 5) is 11.7. The first-order valence-electron chi connectivity index (χ1n) is 5.30. The number of H-pyrrole nitrogens is 1. The molecule has 0 atom stereocenters. The van der Waals surface area contributed by atoms with Gasteiger partial charge in [-0.2, -0.15) is 5.10 Å². The molecule has 0 aliphatic rings. The molecule has 5 nitrogen and oxygen atoms in total. The molecule has 0 aliphatic heterocycles. The first-order chi connectivity index (χ1) is 8.70. The predicted octanol–water partition coefficient (Wildman–Crippen LogP) is 2.00. The molecule has 0 spiro atoms. The Morgan fingerprint density at radius 1 is 1.44 bits per heavy atom. The third kappa shape index (κ3) is 2.81. The summed E-state index contributed by atoms with van der Waals surface area (Å²) in [5.74, 6) is 0.495. The molecule has 18 heavy (non-hydrogen) atoms. The van der Waals surface area contributed by atoms with Gasteiger partial charge >= 0.3 is 0 Å². The third-order valence-corrected chi connectivity index (χ3v) is 2.72. The van der Waals surface area contributed by atoms with Crippen LogP contribution >= 0.6 is 11.6 Å². The summed E-state index contributed by atoms with van der Waals surface area (Å²) in [6.45, 7) is 0.415. The minimum absolute atomic E-state index is 0.269. The van der Waals surface area contributed by atoms with E-state index in [1.807, 2.05) is 24.3 Å². The van der Waals surface area contributed by atoms with Gasteiger partial charge in [0.05, 0.1) is 18.3 Å². The summed E-state index contributed by atoms with van der Waals surface area (Å²) in [5, 5.41) is 9.28. The lowest BCUT2D eigenvalue weighted by molar-refractivity contribution is 0.0946. The Bertz CT molecular complexity index is 537. The lowest BCUT2D eigenvalue weighted by atomic mass is 10.2. The van der Waals surface area contributed by atoms with E-state index in [1.54, 1.807) is 7.11 Å². The van der Waals surface area contributed by atoms with Gasteiger partial charge in [0, 0.05) is 6.54 Å². The summed E-state index contributed by atoms with van der Waals surface area (Å²) in [5.41, 5.74) is 1.24. The molecule has 0 aliphatic carbocycles. The third-order valence-electron chi connectivity index (χ3n) is 2.43. The highest BCUT2D eigenvalue weighted by molar-refractivity contribution is 6.33. The van der Waals surface area contributed by atoms with Gasteiger partial charge in [0.1, 0.15) is 11.4 Å². The van der Waals surface area contributed by atoms with Crippen LogP contribution in [0.3, 0.4) is 0 Å². The molecular formula is C12H12ClN3O2. The van der Waals surface area contributed by atoms with Crippen LogP contribution in [0.25, 0.3) is 0 Å². The standard InChI is InChI=1S/C12H12ClN3O2/c1-18-9-4-2-8(3-5-9)6-14-12(17)11-10(13)7-15-16-11/h2-5,7H,6H2,1H3,(H,14,17)(H,15,16). The maximum Gasteiger partial charge on any atom is 0.271 e. The monoisotopic (exact) mass is 265 g/mol. The largest absolute Gasteiger partial charge is 0.497 e. The van der Waals surface area contributed by atoms with E-state index >= 15 is 0 Å². The Morgan fingerprint density at radius 2 is 2.17 bits per heavy atom. The number of nitrogens with zero attached hydrogens (tertiary/aromatic N) is 1. The van der Waals surface area contributed by atoms with Crippen LogP contribution in [0, 0.1) is 0 Å². The normalized spacial score (nSPS) is 10.1. The number of methoxy groups -OCH3 is 1. The highest BCUT2D eigenvalue weighted by Crippen LogP contribution is 2.13. The highest BCUT2D eigenvalue weighted by Gasteiger charge is 2.11. The lowest BCUT2D eigenvalue weighted by Crippen LogP contribution is -2.23.